The summed E-state index contributed by atoms with van der Waals surface area (Å²) in [5.41, 5.74) is 0. The van der Waals surface area contributed by atoms with Gasteiger partial charge in [0.05, 0.1) is 0 Å². The maximum absolute atomic E-state index is 11.6. The summed E-state index contributed by atoms with van der Waals surface area (Å²) in [7, 11) is 0. The van der Waals surface area contributed by atoms with Crippen molar-refractivity contribution >= 4 is 11.9 Å². The van der Waals surface area contributed by atoms with Crippen molar-refractivity contribution in [3.05, 3.63) is 18.5 Å². The fraction of sp³-hybridized carbons (Fsp3) is 0.286. The molecule has 80 valence electrons. The molecule has 0 saturated carbocycles. The van der Waals surface area contributed by atoms with E-state index >= 15 is 0 Å². The van der Waals surface area contributed by atoms with Gasteiger partial charge in [0.1, 0.15) is 6.54 Å². The van der Waals surface area contributed by atoms with Gasteiger partial charge in [0.15, 0.2) is 0 Å². The highest BCUT2D eigenvalue weighted by molar-refractivity contribution is 5.92. The number of carbonyl (C=O) groups is 2. The van der Waals surface area contributed by atoms with Gasteiger partial charge in [-0.15, -0.1) is 16.8 Å². The summed E-state index contributed by atoms with van der Waals surface area (Å²) in [5, 5.41) is 20.8. The molecule has 0 saturated heterocycles. The van der Waals surface area contributed by atoms with Gasteiger partial charge in [-0.2, -0.15) is 5.21 Å². The second kappa shape index (κ2) is 4.84. The molecule has 15 heavy (non-hydrogen) atoms. The minimum Gasteiger partial charge on any atom is -0.480 e. The molecule has 1 amide bonds. The molecule has 1 aromatic heterocycles. The van der Waals surface area contributed by atoms with Crippen LogP contribution in [0.25, 0.3) is 0 Å². The van der Waals surface area contributed by atoms with Crippen molar-refractivity contribution in [1.29, 1.82) is 0 Å². The van der Waals surface area contributed by atoms with Gasteiger partial charge in [-0.3, -0.25) is 9.59 Å². The molecule has 0 bridgehead atoms. The Morgan fingerprint density at radius 2 is 2.33 bits per heavy atom. The summed E-state index contributed by atoms with van der Waals surface area (Å²) in [6.45, 7) is 3.10. The number of rotatable bonds is 5. The molecule has 0 atom stereocenters. The van der Waals surface area contributed by atoms with Crippen LogP contribution >= 0.6 is 0 Å². The first kappa shape index (κ1) is 10.8. The Kier molecular flexibility index (Phi) is 3.49. The van der Waals surface area contributed by atoms with E-state index in [4.69, 9.17) is 5.11 Å². The third-order valence-electron chi connectivity index (χ3n) is 1.50. The monoisotopic (exact) mass is 211 g/mol. The Morgan fingerprint density at radius 1 is 1.60 bits per heavy atom. The average Bonchev–Trinajstić information content (AvgIpc) is 2.68. The van der Waals surface area contributed by atoms with E-state index in [9.17, 15) is 9.59 Å². The first-order valence-electron chi connectivity index (χ1n) is 4.00. The number of carbonyl (C=O) groups excluding carboxylic acids is 1. The molecule has 0 aliphatic rings. The number of carboxylic acids is 1. The van der Waals surface area contributed by atoms with Crippen LogP contribution in [0.2, 0.25) is 0 Å². The van der Waals surface area contributed by atoms with Crippen LogP contribution in [0.4, 0.5) is 0 Å². The standard InChI is InChI=1S/C7H9N5O3/c1-2-3-12(4-5(13)14)7(15)6-8-10-11-9-6/h2H,1,3-4H2,(H,13,14)(H,8,9,10,11). The van der Waals surface area contributed by atoms with Crippen LogP contribution in [0.5, 0.6) is 0 Å². The average molecular weight is 211 g/mol. The van der Waals surface area contributed by atoms with Gasteiger partial charge in [0.25, 0.3) is 11.7 Å². The Morgan fingerprint density at radius 3 is 2.80 bits per heavy atom. The van der Waals surface area contributed by atoms with Crippen LogP contribution in [0.1, 0.15) is 10.6 Å². The molecule has 0 unspecified atom stereocenters. The fourth-order valence-corrected chi connectivity index (χ4v) is 0.932. The van der Waals surface area contributed by atoms with Gasteiger partial charge in [-0.05, 0) is 5.21 Å². The Labute approximate surface area is 84.6 Å². The minimum absolute atomic E-state index is 0.111. The lowest BCUT2D eigenvalue weighted by Crippen LogP contribution is -2.36. The maximum Gasteiger partial charge on any atom is 0.323 e. The predicted octanol–water partition coefficient (Wildman–Crippen LogP) is -1.09. The van der Waals surface area contributed by atoms with E-state index in [1.807, 2.05) is 0 Å². The highest BCUT2D eigenvalue weighted by Crippen LogP contribution is 1.97. The van der Waals surface area contributed by atoms with Gasteiger partial charge < -0.3 is 10.0 Å². The van der Waals surface area contributed by atoms with Gasteiger partial charge in [-0.25, -0.2) is 0 Å². The second-order valence-corrected chi connectivity index (χ2v) is 2.60. The SMILES string of the molecule is C=CCN(CC(=O)O)C(=O)c1nn[nH]n1. The molecule has 0 radical (unpaired) electrons. The van der Waals surface area contributed by atoms with E-state index < -0.39 is 18.4 Å². The predicted molar refractivity (Wildman–Crippen MR) is 47.9 cm³/mol. The number of aromatic nitrogens is 4. The Balaban J connectivity index is 2.75. The van der Waals surface area contributed by atoms with Crippen LogP contribution in [-0.4, -0.2) is 55.6 Å². The van der Waals surface area contributed by atoms with Crippen LogP contribution in [-0.2, 0) is 4.79 Å². The topological polar surface area (TPSA) is 112 Å². The molecule has 0 spiro atoms. The van der Waals surface area contributed by atoms with Crippen LogP contribution < -0.4 is 0 Å². The number of hydrogen-bond donors (Lipinski definition) is 2. The number of nitrogens with one attached hydrogen (secondary N) is 1. The van der Waals surface area contributed by atoms with Crippen molar-refractivity contribution < 1.29 is 14.7 Å². The quantitative estimate of drug-likeness (QED) is 0.598. The first-order valence-corrected chi connectivity index (χ1v) is 4.00. The van der Waals surface area contributed by atoms with Crippen molar-refractivity contribution in [3.63, 3.8) is 0 Å². The van der Waals surface area contributed by atoms with E-state index in [2.05, 4.69) is 27.2 Å². The zero-order valence-electron chi connectivity index (χ0n) is 7.75. The van der Waals surface area contributed by atoms with Crippen molar-refractivity contribution in [2.75, 3.05) is 13.1 Å². The molecule has 8 heteroatoms. The number of aliphatic carboxylic acids is 1. The lowest BCUT2D eigenvalue weighted by molar-refractivity contribution is -0.137. The van der Waals surface area contributed by atoms with Crippen LogP contribution in [0.15, 0.2) is 12.7 Å². The van der Waals surface area contributed by atoms with E-state index in [1.54, 1.807) is 0 Å². The lowest BCUT2D eigenvalue weighted by Gasteiger charge is -2.16. The summed E-state index contributed by atoms with van der Waals surface area (Å²) in [4.78, 5) is 23.1. The fourth-order valence-electron chi connectivity index (χ4n) is 0.932. The molecular formula is C7H9N5O3. The number of tetrazole rings is 1. The van der Waals surface area contributed by atoms with Gasteiger partial charge in [0.2, 0.25) is 0 Å². The smallest absolute Gasteiger partial charge is 0.323 e. The number of nitrogens with zero attached hydrogens (tertiary/aromatic N) is 4. The molecule has 1 aromatic rings. The van der Waals surface area contributed by atoms with E-state index in [0.29, 0.717) is 0 Å². The zero-order valence-corrected chi connectivity index (χ0v) is 7.75. The number of H-pyrrole nitrogens is 1. The van der Waals surface area contributed by atoms with Crippen LogP contribution in [0, 0.1) is 0 Å². The molecule has 0 aromatic carbocycles. The summed E-state index contributed by atoms with van der Waals surface area (Å²) >= 11 is 0. The second-order valence-electron chi connectivity index (χ2n) is 2.60. The number of carboxylic acid groups (broad SMARTS) is 1. The minimum atomic E-state index is -1.12. The Bertz CT molecular complexity index is 361. The van der Waals surface area contributed by atoms with Gasteiger partial charge in [-0.1, -0.05) is 6.08 Å². The highest BCUT2D eigenvalue weighted by atomic mass is 16.4. The molecular weight excluding hydrogens is 202 g/mol. The Hall–Kier alpha value is -2.25. The summed E-state index contributed by atoms with van der Waals surface area (Å²) in [6, 6.07) is 0. The number of amides is 1. The van der Waals surface area contributed by atoms with Gasteiger partial charge >= 0.3 is 5.97 Å². The molecule has 1 heterocycles. The molecule has 8 nitrogen and oxygen atoms in total. The largest absolute Gasteiger partial charge is 0.480 e. The maximum atomic E-state index is 11.6. The normalized spacial score (nSPS) is 9.60. The van der Waals surface area contributed by atoms with E-state index in [1.165, 1.54) is 6.08 Å². The first-order chi connectivity index (χ1) is 7.15. The summed E-state index contributed by atoms with van der Waals surface area (Å²) < 4.78 is 0. The molecule has 0 aliphatic carbocycles. The summed E-state index contributed by atoms with van der Waals surface area (Å²) in [6.07, 6.45) is 1.42. The highest BCUT2D eigenvalue weighted by Gasteiger charge is 2.20. The summed E-state index contributed by atoms with van der Waals surface area (Å²) in [5.74, 6) is -1.89. The van der Waals surface area contributed by atoms with Crippen molar-refractivity contribution in [2.45, 2.75) is 0 Å². The van der Waals surface area contributed by atoms with Crippen molar-refractivity contribution in [3.8, 4) is 0 Å². The van der Waals surface area contributed by atoms with E-state index in [-0.39, 0.29) is 12.4 Å². The third kappa shape index (κ3) is 2.86. The third-order valence-corrected chi connectivity index (χ3v) is 1.50. The van der Waals surface area contributed by atoms with E-state index in [0.717, 1.165) is 4.90 Å². The molecule has 1 rings (SSSR count). The molecule has 2 N–H and O–H groups in total. The lowest BCUT2D eigenvalue weighted by atomic mass is 10.4. The van der Waals surface area contributed by atoms with Crippen LogP contribution in [0.3, 0.4) is 0 Å². The number of aromatic amines is 1. The van der Waals surface area contributed by atoms with Gasteiger partial charge in [0, 0.05) is 6.54 Å². The molecule has 0 fully saturated rings. The van der Waals surface area contributed by atoms with Crippen molar-refractivity contribution in [1.82, 2.24) is 25.5 Å². The number of hydrogen-bond acceptors (Lipinski definition) is 5. The van der Waals surface area contributed by atoms with Crippen molar-refractivity contribution in [2.24, 2.45) is 0 Å². The molecule has 0 aliphatic heterocycles. The zero-order chi connectivity index (χ0) is 11.3.